The van der Waals surface area contributed by atoms with Crippen molar-refractivity contribution >= 4 is 11.8 Å². The summed E-state index contributed by atoms with van der Waals surface area (Å²) < 4.78 is 0. The van der Waals surface area contributed by atoms with Crippen molar-refractivity contribution in [1.29, 1.82) is 0 Å². The van der Waals surface area contributed by atoms with E-state index in [9.17, 15) is 9.59 Å². The largest absolute Gasteiger partial charge is 0.351 e. The van der Waals surface area contributed by atoms with Gasteiger partial charge in [-0.2, -0.15) is 0 Å². The highest BCUT2D eigenvalue weighted by Crippen LogP contribution is 2.22. The van der Waals surface area contributed by atoms with E-state index >= 15 is 0 Å². The quantitative estimate of drug-likeness (QED) is 0.593. The molecule has 1 aromatic carbocycles. The molecule has 0 spiro atoms. The first-order chi connectivity index (χ1) is 11.9. The molecule has 1 unspecified atom stereocenters. The highest BCUT2D eigenvalue weighted by Gasteiger charge is 2.22. The van der Waals surface area contributed by atoms with Crippen LogP contribution in [0.15, 0.2) is 24.3 Å². The summed E-state index contributed by atoms with van der Waals surface area (Å²) in [7, 11) is 0. The van der Waals surface area contributed by atoms with Gasteiger partial charge in [-0.3, -0.25) is 9.59 Å². The number of nitrogens with one attached hydrogen (secondary N) is 3. The van der Waals surface area contributed by atoms with Crippen LogP contribution in [0.25, 0.3) is 0 Å². The predicted molar refractivity (Wildman–Crippen MR) is 101 cm³/mol. The summed E-state index contributed by atoms with van der Waals surface area (Å²) >= 11 is 0. The molecule has 5 heteroatoms. The molecule has 0 radical (unpaired) electrons. The first-order valence-corrected chi connectivity index (χ1v) is 9.39. The second kappa shape index (κ2) is 10.9. The number of carbonyl (C=O) groups is 2. The fourth-order valence-electron chi connectivity index (χ4n) is 2.85. The van der Waals surface area contributed by atoms with Gasteiger partial charge < -0.3 is 15.5 Å². The molecule has 140 valence electrons. The Morgan fingerprint density at radius 3 is 2.08 bits per heavy atom. The van der Waals surface area contributed by atoms with Crippen molar-refractivity contribution in [3.05, 3.63) is 35.4 Å². The molecule has 0 aliphatic heterocycles. The minimum atomic E-state index is -0.0144. The molecule has 0 aliphatic rings. The molecule has 0 fully saturated rings. The Labute approximate surface area is 152 Å². The molecule has 0 bridgehead atoms. The van der Waals surface area contributed by atoms with Crippen LogP contribution in [0.3, 0.4) is 0 Å². The van der Waals surface area contributed by atoms with Crippen LogP contribution in [0.1, 0.15) is 51.8 Å². The summed E-state index contributed by atoms with van der Waals surface area (Å²) in [5, 5.41) is 5.94. The topological polar surface area (TPSA) is 62.6 Å². The smallest absolute Gasteiger partial charge is 0.275 e. The maximum atomic E-state index is 12.5. The van der Waals surface area contributed by atoms with Crippen LogP contribution < -0.4 is 15.5 Å². The van der Waals surface area contributed by atoms with Gasteiger partial charge >= 0.3 is 0 Å². The second-order valence-corrected chi connectivity index (χ2v) is 6.79. The average Bonchev–Trinajstić information content (AvgIpc) is 2.59. The number of amides is 2. The molecule has 2 atom stereocenters. The Balaban J connectivity index is 2.70. The summed E-state index contributed by atoms with van der Waals surface area (Å²) in [4.78, 5) is 25.2. The SMILES string of the molecule is CCNC(=O)C[NH+](CC)CC(=O)N[C@H](c1ccc(CC)cc1)C(C)C. The molecular formula is C20H34N3O2+. The molecule has 5 nitrogen and oxygen atoms in total. The first-order valence-electron chi connectivity index (χ1n) is 9.39. The van der Waals surface area contributed by atoms with Crippen LogP contribution in [0, 0.1) is 5.92 Å². The van der Waals surface area contributed by atoms with Gasteiger partial charge in [-0.1, -0.05) is 45.0 Å². The number of hydrogen-bond donors (Lipinski definition) is 3. The monoisotopic (exact) mass is 348 g/mol. The van der Waals surface area contributed by atoms with E-state index < -0.39 is 0 Å². The number of hydrogen-bond acceptors (Lipinski definition) is 2. The summed E-state index contributed by atoms with van der Waals surface area (Å²) in [6.45, 7) is 12.2. The van der Waals surface area contributed by atoms with E-state index in [4.69, 9.17) is 0 Å². The van der Waals surface area contributed by atoms with Gasteiger partial charge in [0.15, 0.2) is 13.1 Å². The molecule has 1 rings (SSSR count). The zero-order chi connectivity index (χ0) is 18.8. The zero-order valence-electron chi connectivity index (χ0n) is 16.3. The second-order valence-electron chi connectivity index (χ2n) is 6.79. The van der Waals surface area contributed by atoms with Gasteiger partial charge in [0, 0.05) is 6.54 Å². The summed E-state index contributed by atoms with van der Waals surface area (Å²) in [6.07, 6.45) is 1.01. The number of quaternary nitrogens is 1. The molecule has 3 N–H and O–H groups in total. The van der Waals surface area contributed by atoms with Crippen molar-refractivity contribution in [2.24, 2.45) is 5.92 Å². The number of benzene rings is 1. The van der Waals surface area contributed by atoms with Crippen LogP contribution in [0.5, 0.6) is 0 Å². The Bertz CT molecular complexity index is 540. The summed E-state index contributed by atoms with van der Waals surface area (Å²) in [6, 6.07) is 8.43. The van der Waals surface area contributed by atoms with Gasteiger partial charge in [0.05, 0.1) is 12.6 Å². The standard InChI is InChI=1S/C20H33N3O2/c1-6-16-9-11-17(12-10-16)20(15(4)5)22-19(25)14-23(8-3)13-18(24)21-7-2/h9-12,15,20H,6-8,13-14H2,1-5H3,(H,21,24)(H,22,25)/p+1/t20-/m0/s1. The molecule has 0 saturated carbocycles. The van der Waals surface area contributed by atoms with Crippen LogP contribution in [-0.4, -0.2) is 38.0 Å². The van der Waals surface area contributed by atoms with Crippen LogP contribution in [0.2, 0.25) is 0 Å². The Morgan fingerprint density at radius 1 is 1.00 bits per heavy atom. The highest BCUT2D eigenvalue weighted by molar-refractivity contribution is 5.79. The lowest BCUT2D eigenvalue weighted by molar-refractivity contribution is -0.881. The molecule has 0 aliphatic carbocycles. The normalized spacial score (nSPS) is 13.4. The zero-order valence-corrected chi connectivity index (χ0v) is 16.3. The average molecular weight is 349 g/mol. The van der Waals surface area contributed by atoms with E-state index in [0.717, 1.165) is 23.4 Å². The van der Waals surface area contributed by atoms with Gasteiger partial charge in [-0.05, 0) is 37.3 Å². The third kappa shape index (κ3) is 7.26. The number of carbonyl (C=O) groups excluding carboxylic acids is 2. The molecule has 25 heavy (non-hydrogen) atoms. The molecule has 1 aromatic rings. The van der Waals surface area contributed by atoms with Crippen molar-refractivity contribution < 1.29 is 14.5 Å². The van der Waals surface area contributed by atoms with Gasteiger partial charge in [0.25, 0.3) is 11.8 Å². The van der Waals surface area contributed by atoms with Gasteiger partial charge in [0.2, 0.25) is 0 Å². The molecular weight excluding hydrogens is 314 g/mol. The summed E-state index contributed by atoms with van der Waals surface area (Å²) in [5.41, 5.74) is 2.42. The molecule has 2 amide bonds. The van der Waals surface area contributed by atoms with Gasteiger partial charge in [-0.25, -0.2) is 0 Å². The lowest BCUT2D eigenvalue weighted by atomic mass is 9.95. The van der Waals surface area contributed by atoms with E-state index in [1.165, 1.54) is 5.56 Å². The Hall–Kier alpha value is -1.88. The van der Waals surface area contributed by atoms with E-state index in [2.05, 4.69) is 55.7 Å². The third-order valence-corrected chi connectivity index (χ3v) is 4.43. The van der Waals surface area contributed by atoms with Gasteiger partial charge in [-0.15, -0.1) is 0 Å². The Kier molecular flexibility index (Phi) is 9.21. The third-order valence-electron chi connectivity index (χ3n) is 4.43. The van der Waals surface area contributed by atoms with E-state index in [1.807, 2.05) is 13.8 Å². The maximum absolute atomic E-state index is 12.5. The minimum Gasteiger partial charge on any atom is -0.351 e. The molecule has 0 aromatic heterocycles. The lowest BCUT2D eigenvalue weighted by Gasteiger charge is -2.24. The van der Waals surface area contributed by atoms with E-state index in [0.29, 0.717) is 25.6 Å². The minimum absolute atomic E-state index is 0.0114. The lowest BCUT2D eigenvalue weighted by Crippen LogP contribution is -3.14. The molecule has 0 heterocycles. The Morgan fingerprint density at radius 2 is 1.60 bits per heavy atom. The fourth-order valence-corrected chi connectivity index (χ4v) is 2.85. The van der Waals surface area contributed by atoms with E-state index in [1.54, 1.807) is 0 Å². The van der Waals surface area contributed by atoms with Crippen LogP contribution in [0.4, 0.5) is 0 Å². The fraction of sp³-hybridized carbons (Fsp3) is 0.600. The first kappa shape index (κ1) is 21.2. The summed E-state index contributed by atoms with van der Waals surface area (Å²) in [5.74, 6) is 0.270. The van der Waals surface area contributed by atoms with Crippen LogP contribution in [-0.2, 0) is 16.0 Å². The van der Waals surface area contributed by atoms with Crippen molar-refractivity contribution in [2.45, 2.75) is 47.1 Å². The predicted octanol–water partition coefficient (Wildman–Crippen LogP) is 1.10. The maximum Gasteiger partial charge on any atom is 0.275 e. The van der Waals surface area contributed by atoms with E-state index in [-0.39, 0.29) is 17.9 Å². The van der Waals surface area contributed by atoms with Crippen molar-refractivity contribution in [3.63, 3.8) is 0 Å². The number of likely N-dealkylation sites (N-methyl/N-ethyl adjacent to an activating group) is 2. The number of rotatable bonds is 10. The van der Waals surface area contributed by atoms with Crippen LogP contribution >= 0.6 is 0 Å². The number of aryl methyl sites for hydroxylation is 1. The van der Waals surface area contributed by atoms with Crippen molar-refractivity contribution in [3.8, 4) is 0 Å². The highest BCUT2D eigenvalue weighted by atomic mass is 16.2. The molecule has 0 saturated heterocycles. The van der Waals surface area contributed by atoms with Crippen molar-refractivity contribution in [2.75, 3.05) is 26.2 Å². The van der Waals surface area contributed by atoms with Crippen molar-refractivity contribution in [1.82, 2.24) is 10.6 Å². The van der Waals surface area contributed by atoms with Gasteiger partial charge in [0.1, 0.15) is 0 Å².